The van der Waals surface area contributed by atoms with Gasteiger partial charge in [0.15, 0.2) is 0 Å². The lowest BCUT2D eigenvalue weighted by Gasteiger charge is -2.22. The summed E-state index contributed by atoms with van der Waals surface area (Å²) in [5, 5.41) is 3.61. The molecule has 0 spiro atoms. The highest BCUT2D eigenvalue weighted by Gasteiger charge is 2.24. The van der Waals surface area contributed by atoms with Gasteiger partial charge in [-0.05, 0) is 25.5 Å². The highest BCUT2D eigenvalue weighted by atomic mass is 16.5. The summed E-state index contributed by atoms with van der Waals surface area (Å²) in [5.74, 6) is 1.00. The number of hydrogen-bond acceptors (Lipinski definition) is 3. The molecular formula is C15H24N2O. The quantitative estimate of drug-likeness (QED) is 0.867. The molecule has 1 fully saturated rings. The minimum absolute atomic E-state index is 0.553. The minimum Gasteiger partial charge on any atom is -0.492 e. The smallest absolute Gasteiger partial charge is 0.142 e. The van der Waals surface area contributed by atoms with Gasteiger partial charge in [0.1, 0.15) is 5.75 Å². The minimum atomic E-state index is 0.553. The van der Waals surface area contributed by atoms with Crippen LogP contribution in [0.4, 0.5) is 5.69 Å². The SMILES string of the molecule is CCOc1ccccc1N1CCC(NC(C)C)C1. The molecule has 1 heterocycles. The van der Waals surface area contributed by atoms with E-state index in [1.165, 1.54) is 12.1 Å². The van der Waals surface area contributed by atoms with Crippen LogP contribution >= 0.6 is 0 Å². The number of hydrogen-bond donors (Lipinski definition) is 1. The van der Waals surface area contributed by atoms with Gasteiger partial charge in [0.05, 0.1) is 12.3 Å². The Morgan fingerprint density at radius 1 is 1.39 bits per heavy atom. The molecule has 1 atom stereocenters. The van der Waals surface area contributed by atoms with E-state index in [1.54, 1.807) is 0 Å². The Balaban J connectivity index is 2.04. The second-order valence-corrected chi connectivity index (χ2v) is 5.15. The number of rotatable bonds is 5. The zero-order valence-electron chi connectivity index (χ0n) is 11.6. The highest BCUT2D eigenvalue weighted by Crippen LogP contribution is 2.30. The van der Waals surface area contributed by atoms with Gasteiger partial charge >= 0.3 is 0 Å². The van der Waals surface area contributed by atoms with Crippen LogP contribution in [0.15, 0.2) is 24.3 Å². The Morgan fingerprint density at radius 2 is 2.17 bits per heavy atom. The fourth-order valence-electron chi connectivity index (χ4n) is 2.58. The molecule has 1 N–H and O–H groups in total. The van der Waals surface area contributed by atoms with Gasteiger partial charge in [0.2, 0.25) is 0 Å². The van der Waals surface area contributed by atoms with Gasteiger partial charge in [-0.25, -0.2) is 0 Å². The number of ether oxygens (including phenoxy) is 1. The lowest BCUT2D eigenvalue weighted by atomic mass is 10.2. The van der Waals surface area contributed by atoms with E-state index >= 15 is 0 Å². The Kier molecular flexibility index (Phi) is 4.48. The fraction of sp³-hybridized carbons (Fsp3) is 0.600. The van der Waals surface area contributed by atoms with Crippen LogP contribution in [-0.2, 0) is 0 Å². The molecule has 2 rings (SSSR count). The molecule has 100 valence electrons. The lowest BCUT2D eigenvalue weighted by molar-refractivity contribution is 0.340. The Hall–Kier alpha value is -1.22. The third-order valence-electron chi connectivity index (χ3n) is 3.26. The molecule has 3 heteroatoms. The summed E-state index contributed by atoms with van der Waals surface area (Å²) < 4.78 is 5.70. The molecule has 18 heavy (non-hydrogen) atoms. The van der Waals surface area contributed by atoms with E-state index in [9.17, 15) is 0 Å². The zero-order chi connectivity index (χ0) is 13.0. The molecule has 3 nitrogen and oxygen atoms in total. The molecule has 1 aliphatic rings. The van der Waals surface area contributed by atoms with E-state index in [0.29, 0.717) is 12.1 Å². The van der Waals surface area contributed by atoms with E-state index in [2.05, 4.69) is 42.3 Å². The maximum atomic E-state index is 5.70. The van der Waals surface area contributed by atoms with Gasteiger partial charge in [-0.2, -0.15) is 0 Å². The lowest BCUT2D eigenvalue weighted by Crippen LogP contribution is -2.37. The third-order valence-corrected chi connectivity index (χ3v) is 3.26. The van der Waals surface area contributed by atoms with Gasteiger partial charge in [-0.1, -0.05) is 26.0 Å². The number of benzene rings is 1. The van der Waals surface area contributed by atoms with Crippen LogP contribution in [-0.4, -0.2) is 31.8 Å². The van der Waals surface area contributed by atoms with Crippen LogP contribution in [0.2, 0.25) is 0 Å². The maximum Gasteiger partial charge on any atom is 0.142 e. The molecule has 0 saturated carbocycles. The summed E-state index contributed by atoms with van der Waals surface area (Å²) in [6, 6.07) is 9.48. The standard InChI is InChI=1S/C15H24N2O/c1-4-18-15-8-6-5-7-14(15)17-10-9-13(11-17)16-12(2)3/h5-8,12-13,16H,4,9-11H2,1-3H3. The topological polar surface area (TPSA) is 24.5 Å². The first-order valence-corrected chi connectivity index (χ1v) is 6.93. The normalized spacial score (nSPS) is 19.6. The van der Waals surface area contributed by atoms with E-state index in [1.807, 2.05) is 13.0 Å². The van der Waals surface area contributed by atoms with Crippen molar-refractivity contribution >= 4 is 5.69 Å². The molecule has 1 aliphatic heterocycles. The van der Waals surface area contributed by atoms with Crippen LogP contribution in [0.1, 0.15) is 27.2 Å². The number of anilines is 1. The van der Waals surface area contributed by atoms with Crippen molar-refractivity contribution < 1.29 is 4.74 Å². The van der Waals surface area contributed by atoms with Crippen LogP contribution in [0.3, 0.4) is 0 Å². The molecule has 0 bridgehead atoms. The average Bonchev–Trinajstić information content (AvgIpc) is 2.77. The zero-order valence-corrected chi connectivity index (χ0v) is 11.6. The number of para-hydroxylation sites is 2. The molecule has 1 aromatic rings. The van der Waals surface area contributed by atoms with Crippen molar-refractivity contribution in [1.82, 2.24) is 5.32 Å². The Labute approximate surface area is 110 Å². The summed E-state index contributed by atoms with van der Waals surface area (Å²) in [6.07, 6.45) is 1.21. The van der Waals surface area contributed by atoms with Crippen molar-refractivity contribution in [3.8, 4) is 5.75 Å². The molecular weight excluding hydrogens is 224 g/mol. The van der Waals surface area contributed by atoms with Crippen molar-refractivity contribution in [1.29, 1.82) is 0 Å². The van der Waals surface area contributed by atoms with Gasteiger partial charge in [-0.15, -0.1) is 0 Å². The predicted molar refractivity (Wildman–Crippen MR) is 76.5 cm³/mol. The molecule has 0 amide bonds. The highest BCUT2D eigenvalue weighted by molar-refractivity contribution is 5.59. The van der Waals surface area contributed by atoms with Gasteiger partial charge in [0, 0.05) is 25.2 Å². The van der Waals surface area contributed by atoms with Gasteiger partial charge in [0.25, 0.3) is 0 Å². The molecule has 0 radical (unpaired) electrons. The summed E-state index contributed by atoms with van der Waals surface area (Å²) in [4.78, 5) is 2.42. The number of nitrogens with one attached hydrogen (secondary N) is 1. The second kappa shape index (κ2) is 6.10. The Bertz CT molecular complexity index is 379. The summed E-state index contributed by atoms with van der Waals surface area (Å²) in [7, 11) is 0. The van der Waals surface area contributed by atoms with Crippen LogP contribution < -0.4 is 15.0 Å². The van der Waals surface area contributed by atoms with Crippen molar-refractivity contribution in [2.45, 2.75) is 39.3 Å². The molecule has 1 aromatic carbocycles. The number of nitrogens with zero attached hydrogens (tertiary/aromatic N) is 1. The van der Waals surface area contributed by atoms with Gasteiger partial charge < -0.3 is 15.0 Å². The van der Waals surface area contributed by atoms with Crippen LogP contribution in [0.25, 0.3) is 0 Å². The van der Waals surface area contributed by atoms with E-state index in [0.717, 1.165) is 25.4 Å². The van der Waals surface area contributed by atoms with E-state index < -0.39 is 0 Å². The largest absolute Gasteiger partial charge is 0.492 e. The molecule has 1 saturated heterocycles. The first-order chi connectivity index (χ1) is 8.70. The summed E-state index contributed by atoms with van der Waals surface area (Å²) in [5.41, 5.74) is 1.23. The first kappa shape index (κ1) is 13.2. The summed E-state index contributed by atoms with van der Waals surface area (Å²) in [6.45, 7) is 9.34. The van der Waals surface area contributed by atoms with Gasteiger partial charge in [-0.3, -0.25) is 0 Å². The van der Waals surface area contributed by atoms with Crippen LogP contribution in [0.5, 0.6) is 5.75 Å². The average molecular weight is 248 g/mol. The summed E-state index contributed by atoms with van der Waals surface area (Å²) >= 11 is 0. The monoisotopic (exact) mass is 248 g/mol. The fourth-order valence-corrected chi connectivity index (χ4v) is 2.58. The maximum absolute atomic E-state index is 5.70. The van der Waals surface area contributed by atoms with Crippen molar-refractivity contribution in [3.05, 3.63) is 24.3 Å². The Morgan fingerprint density at radius 3 is 2.89 bits per heavy atom. The first-order valence-electron chi connectivity index (χ1n) is 6.93. The second-order valence-electron chi connectivity index (χ2n) is 5.15. The van der Waals surface area contributed by atoms with Crippen molar-refractivity contribution in [2.24, 2.45) is 0 Å². The van der Waals surface area contributed by atoms with Crippen LogP contribution in [0, 0.1) is 0 Å². The molecule has 0 aromatic heterocycles. The predicted octanol–water partition coefficient (Wildman–Crippen LogP) is 2.66. The van der Waals surface area contributed by atoms with Crippen molar-refractivity contribution in [2.75, 3.05) is 24.6 Å². The third kappa shape index (κ3) is 3.16. The molecule has 1 unspecified atom stereocenters. The van der Waals surface area contributed by atoms with E-state index in [4.69, 9.17) is 4.74 Å². The van der Waals surface area contributed by atoms with E-state index in [-0.39, 0.29) is 0 Å². The van der Waals surface area contributed by atoms with Crippen molar-refractivity contribution in [3.63, 3.8) is 0 Å². The molecule has 0 aliphatic carbocycles.